The Morgan fingerprint density at radius 1 is 1.56 bits per heavy atom. The Hall–Kier alpha value is -2.20. The van der Waals surface area contributed by atoms with Gasteiger partial charge in [0.05, 0.1) is 10.6 Å². The summed E-state index contributed by atoms with van der Waals surface area (Å²) in [5.74, 6) is 0.226. The molecule has 0 N–H and O–H groups in total. The maximum Gasteiger partial charge on any atom is 0.273 e. The van der Waals surface area contributed by atoms with Gasteiger partial charge in [-0.15, -0.1) is 0 Å². The highest BCUT2D eigenvalue weighted by molar-refractivity contribution is 9.10. The van der Waals surface area contributed by atoms with E-state index in [0.29, 0.717) is 15.7 Å². The molecular weight excluding hydrogens is 300 g/mol. The highest BCUT2D eigenvalue weighted by Crippen LogP contribution is 2.29. The molecule has 0 aliphatic carbocycles. The van der Waals surface area contributed by atoms with Crippen LogP contribution >= 0.6 is 15.9 Å². The Morgan fingerprint density at radius 3 is 2.89 bits per heavy atom. The lowest BCUT2D eigenvalue weighted by Crippen LogP contribution is -2.00. The van der Waals surface area contributed by atoms with Gasteiger partial charge in [-0.2, -0.15) is 5.26 Å². The maximum absolute atomic E-state index is 10.8. The summed E-state index contributed by atoms with van der Waals surface area (Å²) in [6.45, 7) is 1.65. The lowest BCUT2D eigenvalue weighted by atomic mass is 10.2. The van der Waals surface area contributed by atoms with E-state index in [4.69, 9.17) is 5.26 Å². The Balaban J connectivity index is 2.65. The number of aromatic nitrogens is 2. The molecule has 0 saturated heterocycles. The number of halogens is 1. The summed E-state index contributed by atoms with van der Waals surface area (Å²) >= 11 is 3.27. The molecule has 0 atom stereocenters. The standard InChI is InChI=1S/C11H7BrN4O2/c1-7-4-10(8(12)5-9(7)16(17)18)15-3-2-14-11(15)6-13/h2-5H,1H3. The quantitative estimate of drug-likeness (QED) is 0.630. The molecule has 2 aromatic rings. The van der Waals surface area contributed by atoms with Crippen molar-refractivity contribution in [2.45, 2.75) is 6.92 Å². The van der Waals surface area contributed by atoms with Gasteiger partial charge in [0.15, 0.2) is 0 Å². The zero-order valence-corrected chi connectivity index (χ0v) is 10.9. The summed E-state index contributed by atoms with van der Waals surface area (Å²) in [4.78, 5) is 14.3. The predicted octanol–water partition coefficient (Wildman–Crippen LogP) is 2.72. The maximum atomic E-state index is 10.8. The minimum absolute atomic E-state index is 0.0317. The van der Waals surface area contributed by atoms with Crippen molar-refractivity contribution in [3.63, 3.8) is 0 Å². The van der Waals surface area contributed by atoms with Crippen molar-refractivity contribution in [1.29, 1.82) is 5.26 Å². The molecule has 0 aliphatic heterocycles. The van der Waals surface area contributed by atoms with Crippen molar-refractivity contribution in [1.82, 2.24) is 9.55 Å². The lowest BCUT2D eigenvalue weighted by Gasteiger charge is -2.08. The van der Waals surface area contributed by atoms with Gasteiger partial charge in [0.1, 0.15) is 6.07 Å². The largest absolute Gasteiger partial charge is 0.290 e. The third kappa shape index (κ3) is 1.98. The molecular formula is C11H7BrN4O2. The van der Waals surface area contributed by atoms with Crippen LogP contribution in [0.3, 0.4) is 0 Å². The lowest BCUT2D eigenvalue weighted by molar-refractivity contribution is -0.385. The number of rotatable bonds is 2. The zero-order valence-electron chi connectivity index (χ0n) is 9.29. The second-order valence-electron chi connectivity index (χ2n) is 3.58. The summed E-state index contributed by atoms with van der Waals surface area (Å²) in [6, 6.07) is 5.02. The SMILES string of the molecule is Cc1cc(-n2ccnc2C#N)c(Br)cc1[N+](=O)[O-]. The molecule has 1 heterocycles. The first-order valence-electron chi connectivity index (χ1n) is 4.93. The highest BCUT2D eigenvalue weighted by Gasteiger charge is 2.16. The number of nitriles is 1. The molecule has 0 saturated carbocycles. The molecule has 0 unspecified atom stereocenters. The van der Waals surface area contributed by atoms with Crippen LogP contribution in [0.2, 0.25) is 0 Å². The van der Waals surface area contributed by atoms with Crippen molar-refractivity contribution >= 4 is 21.6 Å². The smallest absolute Gasteiger partial charge is 0.273 e. The van der Waals surface area contributed by atoms with Crippen LogP contribution in [0.5, 0.6) is 0 Å². The number of aryl methyl sites for hydroxylation is 1. The van der Waals surface area contributed by atoms with Gasteiger partial charge in [0.25, 0.3) is 5.69 Å². The summed E-state index contributed by atoms with van der Waals surface area (Å²) < 4.78 is 2.11. The zero-order chi connectivity index (χ0) is 13.3. The molecule has 0 bridgehead atoms. The minimum atomic E-state index is -0.441. The molecule has 90 valence electrons. The van der Waals surface area contributed by atoms with Crippen LogP contribution in [0.25, 0.3) is 5.69 Å². The Bertz CT molecular complexity index is 672. The molecule has 18 heavy (non-hydrogen) atoms. The average molecular weight is 307 g/mol. The average Bonchev–Trinajstić information content (AvgIpc) is 2.79. The van der Waals surface area contributed by atoms with Gasteiger partial charge in [-0.25, -0.2) is 4.98 Å². The van der Waals surface area contributed by atoms with Gasteiger partial charge in [-0.1, -0.05) is 0 Å². The molecule has 1 aromatic carbocycles. The van der Waals surface area contributed by atoms with Crippen LogP contribution < -0.4 is 0 Å². The molecule has 0 spiro atoms. The molecule has 7 heteroatoms. The van der Waals surface area contributed by atoms with Gasteiger partial charge in [-0.3, -0.25) is 14.7 Å². The van der Waals surface area contributed by atoms with Crippen LogP contribution in [0, 0.1) is 28.4 Å². The van der Waals surface area contributed by atoms with Crippen molar-refractivity contribution in [2.75, 3.05) is 0 Å². The first-order valence-corrected chi connectivity index (χ1v) is 5.72. The van der Waals surface area contributed by atoms with Gasteiger partial charge in [0.2, 0.25) is 5.82 Å². The molecule has 1 aromatic heterocycles. The molecule has 0 aliphatic rings. The van der Waals surface area contributed by atoms with Gasteiger partial charge >= 0.3 is 0 Å². The fraction of sp³-hybridized carbons (Fsp3) is 0.0909. The van der Waals surface area contributed by atoms with Crippen LogP contribution in [-0.4, -0.2) is 14.5 Å². The number of nitrogens with zero attached hydrogens (tertiary/aromatic N) is 4. The van der Waals surface area contributed by atoms with Crippen LogP contribution in [0.15, 0.2) is 29.0 Å². The van der Waals surface area contributed by atoms with Crippen molar-refractivity contribution in [3.8, 4) is 11.8 Å². The third-order valence-corrected chi connectivity index (χ3v) is 3.10. The first kappa shape index (κ1) is 12.3. The van der Waals surface area contributed by atoms with Crippen LogP contribution in [0.1, 0.15) is 11.4 Å². The highest BCUT2D eigenvalue weighted by atomic mass is 79.9. The van der Waals surface area contributed by atoms with Gasteiger partial charge in [-0.05, 0) is 28.9 Å². The van der Waals surface area contributed by atoms with E-state index in [1.54, 1.807) is 23.8 Å². The van der Waals surface area contributed by atoms with E-state index in [1.165, 1.54) is 12.3 Å². The minimum Gasteiger partial charge on any atom is -0.290 e. The second-order valence-corrected chi connectivity index (χ2v) is 4.43. The Kier molecular flexibility index (Phi) is 3.12. The topological polar surface area (TPSA) is 84.8 Å². The van der Waals surface area contributed by atoms with Crippen LogP contribution in [-0.2, 0) is 0 Å². The van der Waals surface area contributed by atoms with E-state index in [-0.39, 0.29) is 11.5 Å². The molecule has 0 radical (unpaired) electrons. The van der Waals surface area contributed by atoms with E-state index in [2.05, 4.69) is 20.9 Å². The summed E-state index contributed by atoms with van der Waals surface area (Å²) in [7, 11) is 0. The fourth-order valence-corrected chi connectivity index (χ4v) is 2.14. The van der Waals surface area contributed by atoms with E-state index in [9.17, 15) is 10.1 Å². The Labute approximate surface area is 111 Å². The van der Waals surface area contributed by atoms with E-state index >= 15 is 0 Å². The van der Waals surface area contributed by atoms with Crippen molar-refractivity contribution in [3.05, 3.63) is 50.5 Å². The molecule has 2 rings (SSSR count). The summed E-state index contributed by atoms with van der Waals surface area (Å²) in [5, 5.41) is 19.7. The Morgan fingerprint density at radius 2 is 2.28 bits per heavy atom. The summed E-state index contributed by atoms with van der Waals surface area (Å²) in [6.07, 6.45) is 3.13. The molecule has 6 nitrogen and oxygen atoms in total. The number of nitro groups is 1. The third-order valence-electron chi connectivity index (χ3n) is 2.46. The van der Waals surface area contributed by atoms with E-state index < -0.39 is 4.92 Å². The number of hydrogen-bond donors (Lipinski definition) is 0. The number of hydrogen-bond acceptors (Lipinski definition) is 4. The normalized spacial score (nSPS) is 10.1. The summed E-state index contributed by atoms with van der Waals surface area (Å²) in [5.41, 5.74) is 1.20. The number of imidazole rings is 1. The van der Waals surface area contributed by atoms with E-state index in [0.717, 1.165) is 0 Å². The molecule has 0 fully saturated rings. The predicted molar refractivity (Wildman–Crippen MR) is 67.4 cm³/mol. The fourth-order valence-electron chi connectivity index (χ4n) is 1.62. The van der Waals surface area contributed by atoms with Gasteiger partial charge < -0.3 is 0 Å². The van der Waals surface area contributed by atoms with Crippen molar-refractivity contribution < 1.29 is 4.92 Å². The second kappa shape index (κ2) is 4.58. The van der Waals surface area contributed by atoms with E-state index in [1.807, 2.05) is 6.07 Å². The van der Waals surface area contributed by atoms with Gasteiger partial charge in [0, 0.05) is 28.5 Å². The molecule has 0 amide bonds. The number of nitro benzene ring substituents is 1. The van der Waals surface area contributed by atoms with Crippen LogP contribution in [0.4, 0.5) is 5.69 Å². The number of benzene rings is 1. The monoisotopic (exact) mass is 306 g/mol. The van der Waals surface area contributed by atoms with Crippen molar-refractivity contribution in [2.24, 2.45) is 0 Å². The first-order chi connectivity index (χ1) is 8.54.